The summed E-state index contributed by atoms with van der Waals surface area (Å²) in [5, 5.41) is 8.83. The van der Waals surface area contributed by atoms with Gasteiger partial charge >= 0.3 is 0 Å². The highest BCUT2D eigenvalue weighted by atomic mass is 32.2. The molecular weight excluding hydrogens is 368 g/mol. The van der Waals surface area contributed by atoms with Gasteiger partial charge in [0.05, 0.1) is 0 Å². The van der Waals surface area contributed by atoms with Crippen molar-refractivity contribution in [3.05, 3.63) is 17.3 Å². The topological polar surface area (TPSA) is 88.3 Å². The van der Waals surface area contributed by atoms with Gasteiger partial charge in [-0.25, -0.2) is 8.42 Å². The summed E-state index contributed by atoms with van der Waals surface area (Å²) in [6.07, 6.45) is 0.622. The highest BCUT2D eigenvalue weighted by molar-refractivity contribution is 7.99. The number of rotatable bonds is 6. The van der Waals surface area contributed by atoms with Gasteiger partial charge in [-0.2, -0.15) is 21.1 Å². The van der Waals surface area contributed by atoms with Gasteiger partial charge in [-0.05, 0) is 25.4 Å². The van der Waals surface area contributed by atoms with Gasteiger partial charge in [-0.15, -0.1) is 11.3 Å². The Bertz CT molecular complexity index is 781. The predicted octanol–water partition coefficient (Wildman–Crippen LogP) is 1.69. The first-order valence-corrected chi connectivity index (χ1v) is 11.2. The molecule has 1 aliphatic rings. The van der Waals surface area contributed by atoms with Crippen molar-refractivity contribution in [3.8, 4) is 10.8 Å². The molecule has 1 N–H and O–H groups in total. The molecule has 7 nitrogen and oxygen atoms in total. The molecule has 0 radical (unpaired) electrons. The SMILES string of the molecule is CNC(C)Cc1noc(-c2sccc2S(=O)(=O)N2CCSCC2)n1. The standard InChI is InChI=1S/C14H20N4O3S3/c1-10(15-2)9-12-16-14(21-17-12)13-11(3-6-23-13)24(19,20)18-4-7-22-8-5-18/h3,6,10,15H,4-5,7-9H2,1-2H3. The lowest BCUT2D eigenvalue weighted by Crippen LogP contribution is -2.37. The van der Waals surface area contributed by atoms with Crippen LogP contribution in [0.4, 0.5) is 0 Å². The fourth-order valence-electron chi connectivity index (χ4n) is 2.39. The van der Waals surface area contributed by atoms with Crippen molar-refractivity contribution in [2.45, 2.75) is 24.3 Å². The van der Waals surface area contributed by atoms with E-state index in [0.717, 1.165) is 11.5 Å². The lowest BCUT2D eigenvalue weighted by atomic mass is 10.2. The molecule has 1 unspecified atom stereocenters. The van der Waals surface area contributed by atoms with Crippen LogP contribution in [0.3, 0.4) is 0 Å². The van der Waals surface area contributed by atoms with E-state index in [0.29, 0.717) is 30.2 Å². The van der Waals surface area contributed by atoms with Crippen LogP contribution in [0.5, 0.6) is 0 Å². The van der Waals surface area contributed by atoms with E-state index in [4.69, 9.17) is 4.52 Å². The third kappa shape index (κ3) is 3.67. The number of aromatic nitrogens is 2. The van der Waals surface area contributed by atoms with E-state index in [1.807, 2.05) is 14.0 Å². The number of nitrogens with zero attached hydrogens (tertiary/aromatic N) is 3. The molecular formula is C14H20N4O3S3. The maximum absolute atomic E-state index is 12.9. The Hall–Kier alpha value is -0.940. The predicted molar refractivity (Wildman–Crippen MR) is 95.9 cm³/mol. The van der Waals surface area contributed by atoms with E-state index in [1.54, 1.807) is 23.2 Å². The summed E-state index contributed by atoms with van der Waals surface area (Å²) >= 11 is 3.08. The second-order valence-corrected chi connectivity index (χ2v) is 9.59. The average Bonchev–Trinajstić information content (AvgIpc) is 3.24. The highest BCUT2D eigenvalue weighted by Crippen LogP contribution is 2.34. The fraction of sp³-hybridized carbons (Fsp3) is 0.571. The minimum absolute atomic E-state index is 0.216. The Morgan fingerprint density at radius 1 is 1.42 bits per heavy atom. The van der Waals surface area contributed by atoms with E-state index >= 15 is 0 Å². The third-order valence-electron chi connectivity index (χ3n) is 3.86. The van der Waals surface area contributed by atoms with Gasteiger partial charge in [0, 0.05) is 37.1 Å². The van der Waals surface area contributed by atoms with Gasteiger partial charge in [0.1, 0.15) is 9.77 Å². The first kappa shape index (κ1) is 17.9. The van der Waals surface area contributed by atoms with Crippen molar-refractivity contribution in [2.75, 3.05) is 31.6 Å². The molecule has 0 amide bonds. The van der Waals surface area contributed by atoms with Crippen LogP contribution >= 0.6 is 23.1 Å². The zero-order chi connectivity index (χ0) is 17.2. The number of thiophene rings is 1. The van der Waals surface area contributed by atoms with Crippen LogP contribution < -0.4 is 5.32 Å². The van der Waals surface area contributed by atoms with Gasteiger partial charge in [0.15, 0.2) is 5.82 Å². The maximum atomic E-state index is 12.9. The van der Waals surface area contributed by atoms with Crippen LogP contribution in [-0.2, 0) is 16.4 Å². The second-order valence-electron chi connectivity index (χ2n) is 5.54. The zero-order valence-corrected chi connectivity index (χ0v) is 16.0. The van der Waals surface area contributed by atoms with E-state index in [-0.39, 0.29) is 16.8 Å². The lowest BCUT2D eigenvalue weighted by molar-refractivity contribution is 0.417. The van der Waals surface area contributed by atoms with E-state index in [1.165, 1.54) is 15.6 Å². The average molecular weight is 389 g/mol. The van der Waals surface area contributed by atoms with Crippen molar-refractivity contribution >= 4 is 33.1 Å². The van der Waals surface area contributed by atoms with E-state index in [9.17, 15) is 8.42 Å². The molecule has 2 aromatic heterocycles. The van der Waals surface area contributed by atoms with Gasteiger partial charge < -0.3 is 9.84 Å². The molecule has 1 atom stereocenters. The number of hydrogen-bond acceptors (Lipinski definition) is 8. The molecule has 1 fully saturated rings. The summed E-state index contributed by atoms with van der Waals surface area (Å²) in [6.45, 7) is 3.10. The van der Waals surface area contributed by atoms with Gasteiger partial charge in [0.2, 0.25) is 10.0 Å². The lowest BCUT2D eigenvalue weighted by Gasteiger charge is -2.25. The van der Waals surface area contributed by atoms with Crippen molar-refractivity contribution in [3.63, 3.8) is 0 Å². The van der Waals surface area contributed by atoms with E-state index in [2.05, 4.69) is 15.5 Å². The molecule has 132 valence electrons. The zero-order valence-electron chi connectivity index (χ0n) is 13.6. The van der Waals surface area contributed by atoms with Crippen molar-refractivity contribution < 1.29 is 12.9 Å². The molecule has 24 heavy (non-hydrogen) atoms. The Labute approximate surface area is 149 Å². The first-order valence-electron chi connectivity index (χ1n) is 7.68. The van der Waals surface area contributed by atoms with Crippen molar-refractivity contribution in [2.24, 2.45) is 0 Å². The highest BCUT2D eigenvalue weighted by Gasteiger charge is 2.31. The summed E-state index contributed by atoms with van der Waals surface area (Å²) in [5.74, 6) is 2.49. The van der Waals surface area contributed by atoms with Crippen LogP contribution in [0.1, 0.15) is 12.7 Å². The Balaban J connectivity index is 1.87. The normalized spacial score (nSPS) is 17.9. The molecule has 10 heteroatoms. The first-order chi connectivity index (χ1) is 11.5. The summed E-state index contributed by atoms with van der Waals surface area (Å²) in [7, 11) is -1.66. The van der Waals surface area contributed by atoms with Crippen LogP contribution in [-0.4, -0.2) is 60.5 Å². The summed E-state index contributed by atoms with van der Waals surface area (Å²) in [6, 6.07) is 1.84. The van der Waals surface area contributed by atoms with Crippen LogP contribution in [0.25, 0.3) is 10.8 Å². The number of hydrogen-bond donors (Lipinski definition) is 1. The molecule has 0 saturated carbocycles. The molecule has 1 saturated heterocycles. The Morgan fingerprint density at radius 2 is 2.17 bits per heavy atom. The van der Waals surface area contributed by atoms with Gasteiger partial charge in [-0.1, -0.05) is 5.16 Å². The molecule has 0 bridgehead atoms. The second kappa shape index (κ2) is 7.52. The minimum atomic E-state index is -3.53. The van der Waals surface area contributed by atoms with Crippen molar-refractivity contribution in [1.29, 1.82) is 0 Å². The fourth-order valence-corrected chi connectivity index (χ4v) is 6.28. The van der Waals surface area contributed by atoms with E-state index < -0.39 is 10.0 Å². The summed E-state index contributed by atoms with van der Waals surface area (Å²) in [4.78, 5) is 5.14. The molecule has 3 heterocycles. The van der Waals surface area contributed by atoms with Crippen LogP contribution in [0, 0.1) is 0 Å². The molecule has 0 aromatic carbocycles. The monoisotopic (exact) mass is 388 g/mol. The molecule has 0 spiro atoms. The number of thioether (sulfide) groups is 1. The smallest absolute Gasteiger partial charge is 0.269 e. The van der Waals surface area contributed by atoms with Crippen LogP contribution in [0.15, 0.2) is 20.9 Å². The Morgan fingerprint density at radius 3 is 2.88 bits per heavy atom. The summed E-state index contributed by atoms with van der Waals surface area (Å²) < 4.78 is 32.6. The molecule has 1 aliphatic heterocycles. The quantitative estimate of drug-likeness (QED) is 0.805. The largest absolute Gasteiger partial charge is 0.333 e. The van der Waals surface area contributed by atoms with Gasteiger partial charge in [-0.3, -0.25) is 0 Å². The summed E-state index contributed by atoms with van der Waals surface area (Å²) in [5.41, 5.74) is 0. The van der Waals surface area contributed by atoms with Crippen molar-refractivity contribution in [1.82, 2.24) is 19.8 Å². The maximum Gasteiger partial charge on any atom is 0.269 e. The number of nitrogens with one attached hydrogen (secondary N) is 1. The Kier molecular flexibility index (Phi) is 5.60. The number of likely N-dealkylation sites (N-methyl/N-ethyl adjacent to an activating group) is 1. The third-order valence-corrected chi connectivity index (χ3v) is 7.78. The van der Waals surface area contributed by atoms with Crippen LogP contribution in [0.2, 0.25) is 0 Å². The minimum Gasteiger partial charge on any atom is -0.333 e. The van der Waals surface area contributed by atoms with Gasteiger partial charge in [0.25, 0.3) is 5.89 Å². The molecule has 3 rings (SSSR count). The molecule has 2 aromatic rings. The molecule has 0 aliphatic carbocycles. The number of sulfonamides is 1.